The Morgan fingerprint density at radius 2 is 1.95 bits per heavy atom. The van der Waals surface area contributed by atoms with Gasteiger partial charge >= 0.3 is 0 Å². The Bertz CT molecular complexity index is 524. The van der Waals surface area contributed by atoms with Crippen LogP contribution in [0.3, 0.4) is 0 Å². The zero-order valence-corrected chi connectivity index (χ0v) is 14.1. The highest BCUT2D eigenvalue weighted by molar-refractivity contribution is 5.94. The van der Waals surface area contributed by atoms with Crippen molar-refractivity contribution in [1.29, 1.82) is 0 Å². The van der Waals surface area contributed by atoms with Gasteiger partial charge in [-0.1, -0.05) is 13.8 Å². The van der Waals surface area contributed by atoms with E-state index in [9.17, 15) is 9.18 Å². The van der Waals surface area contributed by atoms with Gasteiger partial charge in [0.05, 0.1) is 0 Å². The van der Waals surface area contributed by atoms with E-state index >= 15 is 0 Å². The number of carbonyl (C=O) groups excluding carboxylic acids is 1. The second kappa shape index (κ2) is 7.23. The van der Waals surface area contributed by atoms with Crippen molar-refractivity contribution in [2.24, 2.45) is 5.92 Å². The molecule has 1 unspecified atom stereocenters. The fourth-order valence-corrected chi connectivity index (χ4v) is 3.14. The molecule has 0 aliphatic carbocycles. The summed E-state index contributed by atoms with van der Waals surface area (Å²) < 4.78 is 13.4. The predicted molar refractivity (Wildman–Crippen MR) is 87.5 cm³/mol. The average molecular weight is 306 g/mol. The Kier molecular flexibility index (Phi) is 5.57. The average Bonchev–Trinajstić information content (AvgIpc) is 2.99. The van der Waals surface area contributed by atoms with Crippen LogP contribution >= 0.6 is 0 Å². The number of hydrogen-bond donors (Lipinski definition) is 0. The summed E-state index contributed by atoms with van der Waals surface area (Å²) in [5.41, 5.74) is 1.08. The van der Waals surface area contributed by atoms with Gasteiger partial charge in [-0.25, -0.2) is 4.39 Å². The van der Waals surface area contributed by atoms with E-state index in [0.29, 0.717) is 17.0 Å². The first-order valence-electron chi connectivity index (χ1n) is 8.16. The zero-order valence-electron chi connectivity index (χ0n) is 14.1. The SMILES string of the molecule is Cc1cc(C(=O)N(C)C(CN2CCCC2)C(C)C)ccc1F. The van der Waals surface area contributed by atoms with Crippen molar-refractivity contribution in [3.05, 3.63) is 35.1 Å². The number of hydrogen-bond acceptors (Lipinski definition) is 2. The summed E-state index contributed by atoms with van der Waals surface area (Å²) in [6, 6.07) is 4.77. The predicted octanol–water partition coefficient (Wildman–Crippen LogP) is 3.33. The van der Waals surface area contributed by atoms with Crippen molar-refractivity contribution in [1.82, 2.24) is 9.80 Å². The van der Waals surface area contributed by atoms with Crippen molar-refractivity contribution < 1.29 is 9.18 Å². The largest absolute Gasteiger partial charge is 0.337 e. The Balaban J connectivity index is 2.12. The van der Waals surface area contributed by atoms with Crippen LogP contribution in [0.25, 0.3) is 0 Å². The topological polar surface area (TPSA) is 23.6 Å². The molecule has 0 aromatic heterocycles. The molecular formula is C18H27FN2O. The number of amides is 1. The summed E-state index contributed by atoms with van der Waals surface area (Å²) >= 11 is 0. The molecule has 22 heavy (non-hydrogen) atoms. The number of aryl methyl sites for hydroxylation is 1. The molecule has 0 saturated carbocycles. The molecule has 3 nitrogen and oxygen atoms in total. The molecule has 4 heteroatoms. The van der Waals surface area contributed by atoms with Crippen molar-refractivity contribution in [2.45, 2.75) is 39.7 Å². The molecule has 1 aromatic rings. The van der Waals surface area contributed by atoms with E-state index in [0.717, 1.165) is 19.6 Å². The molecule has 1 heterocycles. The van der Waals surface area contributed by atoms with Crippen LogP contribution in [0.2, 0.25) is 0 Å². The third-order valence-electron chi connectivity index (χ3n) is 4.64. The Morgan fingerprint density at radius 1 is 1.32 bits per heavy atom. The lowest BCUT2D eigenvalue weighted by molar-refractivity contribution is 0.0641. The third-order valence-corrected chi connectivity index (χ3v) is 4.64. The quantitative estimate of drug-likeness (QED) is 0.833. The maximum Gasteiger partial charge on any atom is 0.253 e. The highest BCUT2D eigenvalue weighted by Gasteiger charge is 2.27. The van der Waals surface area contributed by atoms with E-state index in [1.165, 1.54) is 18.9 Å². The summed E-state index contributed by atoms with van der Waals surface area (Å²) in [6.45, 7) is 9.17. The molecule has 0 spiro atoms. The van der Waals surface area contributed by atoms with Gasteiger partial charge in [-0.05, 0) is 62.5 Å². The van der Waals surface area contributed by atoms with Crippen LogP contribution in [0.15, 0.2) is 18.2 Å². The fourth-order valence-electron chi connectivity index (χ4n) is 3.14. The van der Waals surface area contributed by atoms with Crippen molar-refractivity contribution in [3.8, 4) is 0 Å². The highest BCUT2D eigenvalue weighted by atomic mass is 19.1. The molecule has 0 N–H and O–H groups in total. The van der Waals surface area contributed by atoms with Crippen molar-refractivity contribution >= 4 is 5.91 Å². The first-order valence-corrected chi connectivity index (χ1v) is 8.16. The van der Waals surface area contributed by atoms with Gasteiger partial charge in [-0.3, -0.25) is 4.79 Å². The minimum atomic E-state index is -0.267. The van der Waals surface area contributed by atoms with Crippen LogP contribution in [0.1, 0.15) is 42.6 Å². The van der Waals surface area contributed by atoms with Gasteiger partial charge in [0.25, 0.3) is 5.91 Å². The summed E-state index contributed by atoms with van der Waals surface area (Å²) in [7, 11) is 1.86. The smallest absolute Gasteiger partial charge is 0.253 e. The minimum Gasteiger partial charge on any atom is -0.337 e. The van der Waals surface area contributed by atoms with E-state index in [1.807, 2.05) is 11.9 Å². The monoisotopic (exact) mass is 306 g/mol. The normalized spacial score (nSPS) is 17.0. The number of benzene rings is 1. The number of likely N-dealkylation sites (N-methyl/N-ethyl adjacent to an activating group) is 1. The second-order valence-electron chi connectivity index (χ2n) is 6.70. The zero-order chi connectivity index (χ0) is 16.3. The number of rotatable bonds is 5. The molecule has 1 aliphatic rings. The Hall–Kier alpha value is -1.42. The molecule has 0 bridgehead atoms. The molecule has 1 fully saturated rings. The van der Waals surface area contributed by atoms with Crippen LogP contribution in [-0.2, 0) is 0 Å². The van der Waals surface area contributed by atoms with Gasteiger partial charge in [0.15, 0.2) is 0 Å². The van der Waals surface area contributed by atoms with Gasteiger partial charge in [0.2, 0.25) is 0 Å². The standard InChI is InChI=1S/C18H27FN2O/c1-13(2)17(12-21-9-5-6-10-21)20(4)18(22)15-7-8-16(19)14(3)11-15/h7-8,11,13,17H,5-6,9-10,12H2,1-4H3. The molecule has 122 valence electrons. The van der Waals surface area contributed by atoms with Gasteiger partial charge in [0, 0.05) is 25.2 Å². The van der Waals surface area contributed by atoms with Gasteiger partial charge in [-0.15, -0.1) is 0 Å². The molecule has 2 rings (SSSR count). The van der Waals surface area contributed by atoms with Crippen molar-refractivity contribution in [3.63, 3.8) is 0 Å². The van der Waals surface area contributed by atoms with Gasteiger partial charge in [0.1, 0.15) is 5.82 Å². The Labute approximate surface area is 133 Å². The molecule has 1 aromatic carbocycles. The maximum atomic E-state index is 13.4. The molecular weight excluding hydrogens is 279 g/mol. The van der Waals surface area contributed by atoms with Gasteiger partial charge in [-0.2, -0.15) is 0 Å². The minimum absolute atomic E-state index is 0.0269. The third kappa shape index (κ3) is 3.86. The van der Waals surface area contributed by atoms with E-state index < -0.39 is 0 Å². The number of halogens is 1. The lowest BCUT2D eigenvalue weighted by Gasteiger charge is -2.34. The number of nitrogens with zero attached hydrogens (tertiary/aromatic N) is 2. The summed E-state index contributed by atoms with van der Waals surface area (Å²) in [5, 5.41) is 0. The number of carbonyl (C=O) groups is 1. The summed E-state index contributed by atoms with van der Waals surface area (Å²) in [5.74, 6) is 0.0915. The van der Waals surface area contributed by atoms with Crippen molar-refractivity contribution in [2.75, 3.05) is 26.7 Å². The molecule has 1 saturated heterocycles. The van der Waals surface area contributed by atoms with E-state index in [2.05, 4.69) is 18.7 Å². The first-order chi connectivity index (χ1) is 10.4. The highest BCUT2D eigenvalue weighted by Crippen LogP contribution is 2.18. The second-order valence-corrected chi connectivity index (χ2v) is 6.70. The van der Waals surface area contributed by atoms with Crippen LogP contribution in [0.4, 0.5) is 4.39 Å². The molecule has 1 atom stereocenters. The molecule has 1 aliphatic heterocycles. The van der Waals surface area contributed by atoms with Crippen LogP contribution in [0, 0.1) is 18.7 Å². The summed E-state index contributed by atoms with van der Waals surface area (Å²) in [4.78, 5) is 17.0. The van der Waals surface area contributed by atoms with E-state index in [-0.39, 0.29) is 17.8 Å². The fraction of sp³-hybridized carbons (Fsp3) is 0.611. The summed E-state index contributed by atoms with van der Waals surface area (Å²) in [6.07, 6.45) is 2.50. The first kappa shape index (κ1) is 16.9. The van der Waals surface area contributed by atoms with E-state index in [1.54, 1.807) is 19.1 Å². The van der Waals surface area contributed by atoms with E-state index in [4.69, 9.17) is 0 Å². The van der Waals surface area contributed by atoms with Gasteiger partial charge < -0.3 is 9.80 Å². The molecule has 1 amide bonds. The lowest BCUT2D eigenvalue weighted by atomic mass is 10.0. The maximum absolute atomic E-state index is 13.4. The number of likely N-dealkylation sites (tertiary alicyclic amines) is 1. The van der Waals surface area contributed by atoms with Crippen LogP contribution < -0.4 is 0 Å². The molecule has 0 radical (unpaired) electrons. The Morgan fingerprint density at radius 3 is 2.50 bits per heavy atom. The lowest BCUT2D eigenvalue weighted by Crippen LogP contribution is -2.47. The van der Waals surface area contributed by atoms with Crippen LogP contribution in [0.5, 0.6) is 0 Å². The van der Waals surface area contributed by atoms with Crippen LogP contribution in [-0.4, -0.2) is 48.4 Å².